The Hall–Kier alpha value is -1.57. The Morgan fingerprint density at radius 3 is 2.59 bits per heavy atom. The third-order valence-electron chi connectivity index (χ3n) is 2.62. The van der Waals surface area contributed by atoms with Crippen LogP contribution in [0.5, 0.6) is 0 Å². The van der Waals surface area contributed by atoms with Crippen molar-refractivity contribution in [2.75, 3.05) is 0 Å². The summed E-state index contributed by atoms with van der Waals surface area (Å²) in [7, 11) is -4.44. The topological polar surface area (TPSA) is 116 Å². The molecule has 0 aliphatic heterocycles. The first-order valence-corrected chi connectivity index (χ1v) is 6.15. The van der Waals surface area contributed by atoms with Gasteiger partial charge in [-0.2, -0.15) is 8.42 Å². The number of fused-ring (bicyclic) bond motifs is 1. The maximum absolute atomic E-state index is 11.6. The van der Waals surface area contributed by atoms with Crippen LogP contribution in [0.1, 0.15) is 15.9 Å². The summed E-state index contributed by atoms with van der Waals surface area (Å²) in [4.78, 5) is 11.2. The summed E-state index contributed by atoms with van der Waals surface area (Å²) in [5.74, 6) is -0.721. The van der Waals surface area contributed by atoms with Gasteiger partial charge in [-0.1, -0.05) is 12.1 Å². The second-order valence-electron chi connectivity index (χ2n) is 3.73. The van der Waals surface area contributed by atoms with E-state index in [1.807, 2.05) is 0 Å². The molecule has 17 heavy (non-hydrogen) atoms. The summed E-state index contributed by atoms with van der Waals surface area (Å²) in [5.41, 5.74) is -0.183. The van der Waals surface area contributed by atoms with Gasteiger partial charge in [0.15, 0.2) is 11.9 Å². The van der Waals surface area contributed by atoms with Crippen LogP contribution in [0.4, 0.5) is 0 Å². The number of benzene rings is 1. The minimum atomic E-state index is -4.44. The molecule has 7 heteroatoms. The molecule has 0 spiro atoms. The first-order chi connectivity index (χ1) is 7.82. The smallest absolute Gasteiger partial charge is 0.294 e. The molecule has 3 N–H and O–H groups in total. The van der Waals surface area contributed by atoms with Crippen LogP contribution in [0.3, 0.4) is 0 Å². The van der Waals surface area contributed by atoms with Crippen molar-refractivity contribution in [3.8, 4) is 0 Å². The van der Waals surface area contributed by atoms with E-state index < -0.39 is 22.0 Å². The van der Waals surface area contributed by atoms with E-state index in [9.17, 15) is 18.3 Å². The number of hydrogen-bond acceptors (Lipinski definition) is 5. The number of carbonyl (C=O) groups excluding carboxylic acids is 1. The van der Waals surface area contributed by atoms with Crippen LogP contribution in [0.2, 0.25) is 0 Å². The molecular weight excluding hydrogens is 246 g/mol. The van der Waals surface area contributed by atoms with Crippen LogP contribution < -0.4 is 0 Å². The van der Waals surface area contributed by atoms with Gasteiger partial charge in [0.05, 0.1) is 4.90 Å². The fraction of sp³-hybridized carbons (Fsp3) is 0.200. The van der Waals surface area contributed by atoms with E-state index in [1.165, 1.54) is 12.1 Å². The van der Waals surface area contributed by atoms with Crippen LogP contribution in [0.15, 0.2) is 23.1 Å². The molecule has 0 bridgehead atoms. The zero-order valence-electron chi connectivity index (χ0n) is 8.54. The first kappa shape index (κ1) is 11.9. The van der Waals surface area contributed by atoms with Gasteiger partial charge in [0, 0.05) is 17.7 Å². The van der Waals surface area contributed by atoms with Gasteiger partial charge in [0.1, 0.15) is 0 Å². The molecule has 1 aromatic rings. The number of carbonyl (C=O) groups is 1. The number of Topliss-reactive ketones (excluding diaryl/α,β-unsaturated/α-hetero) is 1. The molecule has 0 fully saturated rings. The Bertz CT molecular complexity index is 620. The second-order valence-corrected chi connectivity index (χ2v) is 5.12. The molecular formula is C10H9NO5S. The Morgan fingerprint density at radius 2 is 2.00 bits per heavy atom. The summed E-state index contributed by atoms with van der Waals surface area (Å²) in [6.07, 6.45) is -1.70. The van der Waals surface area contributed by atoms with Gasteiger partial charge in [0.2, 0.25) is 0 Å². The standard InChI is InChI=1S/C10H9NO5S/c11-7-4-6-5(9(12)10(7)13)2-1-3-8(6)17(14,15)16/h1-3,10-11,13H,4H2,(H,14,15,16). The predicted molar refractivity (Wildman–Crippen MR) is 58.0 cm³/mol. The van der Waals surface area contributed by atoms with Crippen LogP contribution in [0.25, 0.3) is 0 Å². The molecule has 1 aromatic carbocycles. The van der Waals surface area contributed by atoms with Crippen molar-refractivity contribution in [3.63, 3.8) is 0 Å². The predicted octanol–water partition coefficient (Wildman–Crippen LogP) is 0.0528. The fourth-order valence-electron chi connectivity index (χ4n) is 1.81. The molecule has 0 radical (unpaired) electrons. The molecule has 90 valence electrons. The summed E-state index contributed by atoms with van der Waals surface area (Å²) in [6, 6.07) is 3.83. The van der Waals surface area contributed by atoms with E-state index in [-0.39, 0.29) is 28.2 Å². The Morgan fingerprint density at radius 1 is 1.35 bits per heavy atom. The lowest BCUT2D eigenvalue weighted by Crippen LogP contribution is -2.36. The van der Waals surface area contributed by atoms with E-state index >= 15 is 0 Å². The lowest BCUT2D eigenvalue weighted by molar-refractivity contribution is 0.0834. The number of nitrogens with one attached hydrogen (secondary N) is 1. The summed E-state index contributed by atoms with van der Waals surface area (Å²) >= 11 is 0. The number of hydrogen-bond donors (Lipinski definition) is 3. The normalized spacial score (nSPS) is 20.2. The van der Waals surface area contributed by atoms with Crippen molar-refractivity contribution in [3.05, 3.63) is 29.3 Å². The number of aliphatic hydroxyl groups is 1. The van der Waals surface area contributed by atoms with Crippen LogP contribution in [0, 0.1) is 5.41 Å². The van der Waals surface area contributed by atoms with Crippen molar-refractivity contribution >= 4 is 21.6 Å². The number of rotatable bonds is 1. The van der Waals surface area contributed by atoms with Gasteiger partial charge in [-0.25, -0.2) is 0 Å². The SMILES string of the molecule is N=C1Cc2c(cccc2S(=O)(=O)O)C(=O)C1O. The molecule has 0 saturated carbocycles. The Kier molecular flexibility index (Phi) is 2.61. The van der Waals surface area contributed by atoms with Crippen molar-refractivity contribution < 1.29 is 22.9 Å². The third-order valence-corrected chi connectivity index (χ3v) is 3.56. The number of ketones is 1. The van der Waals surface area contributed by atoms with Crippen molar-refractivity contribution in [1.82, 2.24) is 0 Å². The van der Waals surface area contributed by atoms with Crippen molar-refractivity contribution in [2.45, 2.75) is 17.4 Å². The van der Waals surface area contributed by atoms with Crippen LogP contribution in [-0.4, -0.2) is 35.7 Å². The Balaban J connectivity index is 2.73. The number of aliphatic hydroxyl groups excluding tert-OH is 1. The molecule has 1 atom stereocenters. The third kappa shape index (κ3) is 1.88. The van der Waals surface area contributed by atoms with Crippen molar-refractivity contribution in [1.29, 1.82) is 5.41 Å². The van der Waals surface area contributed by atoms with E-state index in [0.29, 0.717) is 0 Å². The van der Waals surface area contributed by atoms with Crippen molar-refractivity contribution in [2.24, 2.45) is 0 Å². The average Bonchev–Trinajstić information content (AvgIpc) is 2.24. The maximum atomic E-state index is 11.6. The minimum Gasteiger partial charge on any atom is -0.379 e. The highest BCUT2D eigenvalue weighted by molar-refractivity contribution is 7.85. The molecule has 0 saturated heterocycles. The highest BCUT2D eigenvalue weighted by Crippen LogP contribution is 2.26. The highest BCUT2D eigenvalue weighted by Gasteiger charge is 2.33. The van der Waals surface area contributed by atoms with Gasteiger partial charge >= 0.3 is 0 Å². The summed E-state index contributed by atoms with van der Waals surface area (Å²) < 4.78 is 31.2. The zero-order chi connectivity index (χ0) is 12.8. The van der Waals surface area contributed by atoms with E-state index in [1.54, 1.807) is 0 Å². The van der Waals surface area contributed by atoms with E-state index in [2.05, 4.69) is 0 Å². The van der Waals surface area contributed by atoms with Crippen LogP contribution in [-0.2, 0) is 16.5 Å². The highest BCUT2D eigenvalue weighted by atomic mass is 32.2. The lowest BCUT2D eigenvalue weighted by atomic mass is 9.87. The molecule has 0 aromatic heterocycles. The van der Waals surface area contributed by atoms with E-state index in [0.717, 1.165) is 6.07 Å². The van der Waals surface area contributed by atoms with Gasteiger partial charge in [-0.05, 0) is 11.6 Å². The summed E-state index contributed by atoms with van der Waals surface area (Å²) in [6.45, 7) is 0. The first-order valence-electron chi connectivity index (χ1n) is 4.71. The monoisotopic (exact) mass is 255 g/mol. The maximum Gasteiger partial charge on any atom is 0.294 e. The van der Waals surface area contributed by atoms with Crippen LogP contribution >= 0.6 is 0 Å². The van der Waals surface area contributed by atoms with Gasteiger partial charge in [-0.15, -0.1) is 0 Å². The fourth-order valence-corrected chi connectivity index (χ4v) is 2.56. The summed E-state index contributed by atoms with van der Waals surface area (Å²) in [5, 5.41) is 16.8. The average molecular weight is 255 g/mol. The molecule has 1 aliphatic rings. The molecule has 1 unspecified atom stereocenters. The second kappa shape index (κ2) is 3.73. The molecule has 6 nitrogen and oxygen atoms in total. The van der Waals surface area contributed by atoms with E-state index in [4.69, 9.17) is 9.96 Å². The zero-order valence-corrected chi connectivity index (χ0v) is 9.36. The molecule has 0 amide bonds. The molecule has 1 aliphatic carbocycles. The Labute approximate surface area is 97.2 Å². The lowest BCUT2D eigenvalue weighted by Gasteiger charge is -2.21. The largest absolute Gasteiger partial charge is 0.379 e. The molecule has 0 heterocycles. The van der Waals surface area contributed by atoms with Gasteiger partial charge in [-0.3, -0.25) is 9.35 Å². The quantitative estimate of drug-likeness (QED) is 0.613. The van der Waals surface area contributed by atoms with Gasteiger partial charge in [0.25, 0.3) is 10.1 Å². The molecule has 2 rings (SSSR count). The minimum absolute atomic E-state index is 0.0311. The van der Waals surface area contributed by atoms with Gasteiger partial charge < -0.3 is 10.5 Å².